The van der Waals surface area contributed by atoms with Crippen LogP contribution in [0.1, 0.15) is 25.7 Å². The highest BCUT2D eigenvalue weighted by Crippen LogP contribution is 2.24. The summed E-state index contributed by atoms with van der Waals surface area (Å²) in [5.41, 5.74) is 0.821. The predicted molar refractivity (Wildman–Crippen MR) is 85.2 cm³/mol. The van der Waals surface area contributed by atoms with Gasteiger partial charge in [-0.15, -0.1) is 5.10 Å². The number of nitrogens with zero attached hydrogens (tertiary/aromatic N) is 4. The molecule has 1 fully saturated rings. The third-order valence-corrected chi connectivity index (χ3v) is 3.90. The van der Waals surface area contributed by atoms with Gasteiger partial charge in [0.1, 0.15) is 0 Å². The highest BCUT2D eigenvalue weighted by Gasteiger charge is 2.13. The van der Waals surface area contributed by atoms with E-state index in [1.165, 1.54) is 25.7 Å². The van der Waals surface area contributed by atoms with Gasteiger partial charge in [0.15, 0.2) is 5.82 Å². The number of nitrogens with one attached hydrogen (secondary N) is 1. The van der Waals surface area contributed by atoms with Crippen molar-refractivity contribution in [3.8, 4) is 0 Å². The standard InChI is InChI=1S/C15H18ClN5/c16-12-7-3-4-8-13(12)18-14-11-17-20-15(19-14)21-9-5-1-2-6-10-21/h3-4,7-8,11H,1-2,5-6,9-10H2,(H,18,19,20). The van der Waals surface area contributed by atoms with Crippen LogP contribution in [0.3, 0.4) is 0 Å². The van der Waals surface area contributed by atoms with Crippen LogP contribution in [0.2, 0.25) is 5.02 Å². The number of hydrogen-bond donors (Lipinski definition) is 1. The van der Waals surface area contributed by atoms with E-state index in [0.29, 0.717) is 16.8 Å². The maximum Gasteiger partial charge on any atom is 0.247 e. The Labute approximate surface area is 129 Å². The summed E-state index contributed by atoms with van der Waals surface area (Å²) in [5, 5.41) is 12.1. The van der Waals surface area contributed by atoms with Gasteiger partial charge in [0.05, 0.1) is 16.9 Å². The molecule has 0 radical (unpaired) electrons. The van der Waals surface area contributed by atoms with E-state index in [4.69, 9.17) is 11.6 Å². The number of hydrogen-bond acceptors (Lipinski definition) is 5. The van der Waals surface area contributed by atoms with Gasteiger partial charge >= 0.3 is 0 Å². The molecule has 3 rings (SSSR count). The first-order valence-corrected chi connectivity index (χ1v) is 7.67. The molecule has 2 aromatic rings. The summed E-state index contributed by atoms with van der Waals surface area (Å²) in [6, 6.07) is 7.58. The van der Waals surface area contributed by atoms with E-state index < -0.39 is 0 Å². The third kappa shape index (κ3) is 3.61. The average molecular weight is 304 g/mol. The van der Waals surface area contributed by atoms with Gasteiger partial charge < -0.3 is 10.2 Å². The van der Waals surface area contributed by atoms with Crippen molar-refractivity contribution in [1.82, 2.24) is 15.2 Å². The van der Waals surface area contributed by atoms with E-state index >= 15 is 0 Å². The summed E-state index contributed by atoms with van der Waals surface area (Å²) in [6.45, 7) is 1.99. The van der Waals surface area contributed by atoms with Crippen LogP contribution in [0.15, 0.2) is 30.5 Å². The Morgan fingerprint density at radius 3 is 2.57 bits per heavy atom. The van der Waals surface area contributed by atoms with E-state index in [9.17, 15) is 0 Å². The largest absolute Gasteiger partial charge is 0.339 e. The SMILES string of the molecule is Clc1ccccc1Nc1cnnc(N2CCCCCC2)n1. The fourth-order valence-electron chi connectivity index (χ4n) is 2.46. The zero-order valence-electron chi connectivity index (χ0n) is 11.8. The van der Waals surface area contributed by atoms with E-state index in [0.717, 1.165) is 18.8 Å². The number of rotatable bonds is 3. The fourth-order valence-corrected chi connectivity index (χ4v) is 2.64. The fraction of sp³-hybridized carbons (Fsp3) is 0.400. The van der Waals surface area contributed by atoms with Crippen molar-refractivity contribution in [1.29, 1.82) is 0 Å². The number of para-hydroxylation sites is 1. The minimum absolute atomic E-state index is 0.660. The molecule has 2 heterocycles. The second-order valence-electron chi connectivity index (χ2n) is 5.15. The lowest BCUT2D eigenvalue weighted by atomic mass is 10.2. The first kappa shape index (κ1) is 14.1. The molecule has 0 aliphatic carbocycles. The van der Waals surface area contributed by atoms with E-state index in [-0.39, 0.29) is 0 Å². The molecule has 5 nitrogen and oxygen atoms in total. The molecule has 0 unspecified atom stereocenters. The van der Waals surface area contributed by atoms with Crippen LogP contribution in [-0.4, -0.2) is 28.3 Å². The van der Waals surface area contributed by atoms with Crippen molar-refractivity contribution in [3.05, 3.63) is 35.5 Å². The second kappa shape index (κ2) is 6.72. The number of anilines is 3. The van der Waals surface area contributed by atoms with Crippen molar-refractivity contribution in [2.24, 2.45) is 0 Å². The van der Waals surface area contributed by atoms with Crippen molar-refractivity contribution in [2.45, 2.75) is 25.7 Å². The number of halogens is 1. The molecule has 0 saturated carbocycles. The van der Waals surface area contributed by atoms with Crippen molar-refractivity contribution in [2.75, 3.05) is 23.3 Å². The van der Waals surface area contributed by atoms with Crippen LogP contribution in [-0.2, 0) is 0 Å². The molecule has 1 aliphatic rings. The average Bonchev–Trinajstić information content (AvgIpc) is 2.79. The molecule has 6 heteroatoms. The molecular weight excluding hydrogens is 286 g/mol. The molecule has 21 heavy (non-hydrogen) atoms. The van der Waals surface area contributed by atoms with Crippen LogP contribution >= 0.6 is 11.6 Å². The maximum absolute atomic E-state index is 6.15. The quantitative estimate of drug-likeness (QED) is 0.938. The summed E-state index contributed by atoms with van der Waals surface area (Å²) in [6.07, 6.45) is 6.55. The van der Waals surface area contributed by atoms with Gasteiger partial charge in [-0.3, -0.25) is 0 Å². The Kier molecular flexibility index (Phi) is 4.50. The first-order valence-electron chi connectivity index (χ1n) is 7.29. The number of aromatic nitrogens is 3. The highest BCUT2D eigenvalue weighted by atomic mass is 35.5. The van der Waals surface area contributed by atoms with Gasteiger partial charge in [0.25, 0.3) is 0 Å². The van der Waals surface area contributed by atoms with Crippen LogP contribution in [0.5, 0.6) is 0 Å². The van der Waals surface area contributed by atoms with Gasteiger partial charge in [-0.25, -0.2) is 0 Å². The zero-order valence-corrected chi connectivity index (χ0v) is 12.6. The Balaban J connectivity index is 1.78. The Hall–Kier alpha value is -1.88. The molecule has 0 amide bonds. The van der Waals surface area contributed by atoms with Gasteiger partial charge in [-0.05, 0) is 25.0 Å². The van der Waals surface area contributed by atoms with Gasteiger partial charge in [0.2, 0.25) is 5.95 Å². The lowest BCUT2D eigenvalue weighted by Crippen LogP contribution is -2.26. The second-order valence-corrected chi connectivity index (χ2v) is 5.55. The zero-order chi connectivity index (χ0) is 14.5. The summed E-state index contributed by atoms with van der Waals surface area (Å²) in [7, 11) is 0. The molecule has 0 bridgehead atoms. The van der Waals surface area contributed by atoms with Crippen molar-refractivity contribution in [3.63, 3.8) is 0 Å². The van der Waals surface area contributed by atoms with Crippen molar-refractivity contribution >= 4 is 29.1 Å². The monoisotopic (exact) mass is 303 g/mol. The maximum atomic E-state index is 6.15. The molecule has 1 aromatic carbocycles. The van der Waals surface area contributed by atoms with Gasteiger partial charge in [0, 0.05) is 13.1 Å². The van der Waals surface area contributed by atoms with E-state index in [2.05, 4.69) is 25.4 Å². The van der Waals surface area contributed by atoms with Crippen LogP contribution in [0, 0.1) is 0 Å². The molecule has 110 valence electrons. The smallest absolute Gasteiger partial charge is 0.247 e. The first-order chi connectivity index (χ1) is 10.3. The topological polar surface area (TPSA) is 53.9 Å². The minimum Gasteiger partial charge on any atom is -0.339 e. The molecule has 1 N–H and O–H groups in total. The third-order valence-electron chi connectivity index (χ3n) is 3.57. The summed E-state index contributed by atoms with van der Waals surface area (Å²) in [5.74, 6) is 1.35. The summed E-state index contributed by atoms with van der Waals surface area (Å²) >= 11 is 6.15. The van der Waals surface area contributed by atoms with Gasteiger partial charge in [-0.1, -0.05) is 36.6 Å². The molecule has 1 aliphatic heterocycles. The molecule has 0 spiro atoms. The summed E-state index contributed by atoms with van der Waals surface area (Å²) in [4.78, 5) is 6.76. The lowest BCUT2D eigenvalue weighted by molar-refractivity contribution is 0.726. The molecule has 0 atom stereocenters. The van der Waals surface area contributed by atoms with Crippen molar-refractivity contribution < 1.29 is 0 Å². The van der Waals surface area contributed by atoms with Gasteiger partial charge in [-0.2, -0.15) is 10.1 Å². The lowest BCUT2D eigenvalue weighted by Gasteiger charge is -2.19. The number of benzene rings is 1. The minimum atomic E-state index is 0.660. The normalized spacial score (nSPS) is 15.6. The Bertz CT molecular complexity index is 596. The Morgan fingerprint density at radius 1 is 1.05 bits per heavy atom. The van der Waals surface area contributed by atoms with Crippen LogP contribution in [0.25, 0.3) is 0 Å². The predicted octanol–water partition coefficient (Wildman–Crippen LogP) is 3.65. The molecule has 1 saturated heterocycles. The highest BCUT2D eigenvalue weighted by molar-refractivity contribution is 6.33. The van der Waals surface area contributed by atoms with E-state index in [1.54, 1.807) is 6.20 Å². The van der Waals surface area contributed by atoms with Crippen LogP contribution in [0.4, 0.5) is 17.5 Å². The Morgan fingerprint density at radius 2 is 1.81 bits per heavy atom. The molecule has 1 aromatic heterocycles. The van der Waals surface area contributed by atoms with Crippen LogP contribution < -0.4 is 10.2 Å². The molecular formula is C15H18ClN5. The summed E-state index contributed by atoms with van der Waals surface area (Å²) < 4.78 is 0. The van der Waals surface area contributed by atoms with E-state index in [1.807, 2.05) is 24.3 Å².